The molecule has 3 aromatic rings. The highest BCUT2D eigenvalue weighted by Crippen LogP contribution is 2.32. The highest BCUT2D eigenvalue weighted by molar-refractivity contribution is 7.14. The molecule has 44 heavy (non-hydrogen) atoms. The van der Waals surface area contributed by atoms with Crippen LogP contribution in [0.3, 0.4) is 0 Å². The minimum atomic E-state index is -2.66. The summed E-state index contributed by atoms with van der Waals surface area (Å²) in [7, 11) is 0. The Kier molecular flexibility index (Phi) is 9.20. The molecule has 2 amide bonds. The first-order valence-corrected chi connectivity index (χ1v) is 15.7. The number of hydrogen-bond acceptors (Lipinski definition) is 7. The number of amides is 2. The molecular formula is C32H38F2N6O3S. The summed E-state index contributed by atoms with van der Waals surface area (Å²) in [5.41, 5.74) is 1.85. The molecule has 12 heteroatoms. The zero-order valence-electron chi connectivity index (χ0n) is 25.4. The van der Waals surface area contributed by atoms with Crippen LogP contribution in [-0.4, -0.2) is 67.5 Å². The number of anilines is 1. The zero-order chi connectivity index (χ0) is 31.8. The summed E-state index contributed by atoms with van der Waals surface area (Å²) in [5.74, 6) is -0.328. The van der Waals surface area contributed by atoms with Gasteiger partial charge >= 0.3 is 0 Å². The van der Waals surface area contributed by atoms with E-state index in [9.17, 15) is 28.7 Å². The molecule has 1 aromatic carbocycles. The van der Waals surface area contributed by atoms with Crippen LogP contribution in [0, 0.1) is 23.2 Å². The molecule has 9 nitrogen and oxygen atoms in total. The molecule has 1 atom stereocenters. The van der Waals surface area contributed by atoms with Gasteiger partial charge in [0.25, 0.3) is 18.2 Å². The number of halogens is 2. The van der Waals surface area contributed by atoms with Crippen LogP contribution >= 0.6 is 11.3 Å². The van der Waals surface area contributed by atoms with Crippen LogP contribution < -0.4 is 5.32 Å². The average molecular weight is 625 g/mol. The van der Waals surface area contributed by atoms with Gasteiger partial charge in [0.2, 0.25) is 5.95 Å². The van der Waals surface area contributed by atoms with Crippen LogP contribution in [0.1, 0.15) is 67.1 Å². The molecular weight excluding hydrogens is 586 g/mol. The Morgan fingerprint density at radius 3 is 2.64 bits per heavy atom. The van der Waals surface area contributed by atoms with Gasteiger partial charge in [-0.15, -0.1) is 11.3 Å². The predicted octanol–water partition coefficient (Wildman–Crippen LogP) is 5.59. The number of hydrogen-bond donors (Lipinski definition) is 2. The monoisotopic (exact) mass is 624 g/mol. The number of carbonyl (C=O) groups excluding carboxylic acids is 2. The smallest absolute Gasteiger partial charge is 0.272 e. The number of aromatic nitrogens is 2. The molecule has 2 aromatic heterocycles. The molecule has 0 radical (unpaired) electrons. The van der Waals surface area contributed by atoms with Crippen LogP contribution in [0.5, 0.6) is 0 Å². The second-order valence-corrected chi connectivity index (χ2v) is 13.7. The summed E-state index contributed by atoms with van der Waals surface area (Å²) < 4.78 is 28.2. The maximum absolute atomic E-state index is 13.3. The van der Waals surface area contributed by atoms with Gasteiger partial charge < -0.3 is 14.6 Å². The largest absolute Gasteiger partial charge is 0.390 e. The Morgan fingerprint density at radius 2 is 2.00 bits per heavy atom. The van der Waals surface area contributed by atoms with E-state index in [0.29, 0.717) is 25.2 Å². The minimum Gasteiger partial charge on any atom is -0.390 e. The van der Waals surface area contributed by atoms with Crippen LogP contribution in [0.2, 0.25) is 0 Å². The topological polar surface area (TPSA) is 114 Å². The zero-order valence-corrected chi connectivity index (χ0v) is 26.2. The Hall–Kier alpha value is -3.66. The molecule has 2 N–H and O–H groups in total. The van der Waals surface area contributed by atoms with E-state index < -0.39 is 17.9 Å². The number of aliphatic hydroxyl groups is 1. The second-order valence-electron chi connectivity index (χ2n) is 12.6. The van der Waals surface area contributed by atoms with Crippen molar-refractivity contribution in [2.24, 2.45) is 11.8 Å². The third-order valence-electron chi connectivity index (χ3n) is 8.35. The maximum Gasteiger partial charge on any atom is 0.272 e. The fourth-order valence-corrected chi connectivity index (χ4v) is 6.62. The number of benzene rings is 1. The van der Waals surface area contributed by atoms with E-state index in [1.165, 1.54) is 12.1 Å². The molecule has 234 valence electrons. The maximum atomic E-state index is 13.3. The number of imidazole rings is 1. The Bertz CT molecular complexity index is 1610. The Morgan fingerprint density at radius 1 is 1.25 bits per heavy atom. The molecule has 0 spiro atoms. The molecule has 2 aliphatic rings. The number of likely N-dealkylation sites (tertiary alicyclic amines) is 2. The van der Waals surface area contributed by atoms with E-state index in [0.717, 1.165) is 48.3 Å². The molecule has 0 saturated carbocycles. The van der Waals surface area contributed by atoms with Gasteiger partial charge in [0.05, 0.1) is 32.4 Å². The van der Waals surface area contributed by atoms with E-state index in [-0.39, 0.29) is 45.1 Å². The van der Waals surface area contributed by atoms with Crippen molar-refractivity contribution in [3.05, 3.63) is 57.3 Å². The molecule has 4 heterocycles. The van der Waals surface area contributed by atoms with Crippen LogP contribution in [0.4, 0.5) is 14.7 Å². The van der Waals surface area contributed by atoms with Gasteiger partial charge in [-0.1, -0.05) is 26.0 Å². The number of carbonyl (C=O) groups is 2. The predicted molar refractivity (Wildman–Crippen MR) is 165 cm³/mol. The normalized spacial score (nSPS) is 18.3. The van der Waals surface area contributed by atoms with Gasteiger partial charge in [-0.3, -0.25) is 19.8 Å². The molecule has 0 aliphatic carbocycles. The summed E-state index contributed by atoms with van der Waals surface area (Å²) in [6.07, 6.45) is 0.511. The average Bonchev–Trinajstić information content (AvgIpc) is 3.67. The fraction of sp³-hybridized carbons (Fsp3) is 0.500. The second kappa shape index (κ2) is 12.8. The van der Waals surface area contributed by atoms with E-state index >= 15 is 0 Å². The first kappa shape index (κ1) is 31.8. The SMILES string of the molecule is CC(C)C=C(C#N)C(=O)N1CCC[C@@H]1Cn1c(NC(=O)c2ccc(C(F)F)s2)nc2cc(CN3CC(C(C)(C)O)C3)ccc21. The highest BCUT2D eigenvalue weighted by Gasteiger charge is 2.37. The fourth-order valence-electron chi connectivity index (χ4n) is 5.86. The molecule has 2 fully saturated rings. The van der Waals surface area contributed by atoms with Crippen molar-refractivity contribution in [1.82, 2.24) is 19.4 Å². The van der Waals surface area contributed by atoms with Crippen molar-refractivity contribution in [1.29, 1.82) is 5.26 Å². The van der Waals surface area contributed by atoms with Crippen molar-refractivity contribution < 1.29 is 23.5 Å². The van der Waals surface area contributed by atoms with Gasteiger partial charge in [-0.05, 0) is 62.4 Å². The number of nitriles is 1. The van der Waals surface area contributed by atoms with E-state index in [1.807, 2.05) is 50.5 Å². The van der Waals surface area contributed by atoms with Crippen molar-refractivity contribution >= 4 is 40.1 Å². The lowest BCUT2D eigenvalue weighted by Gasteiger charge is -2.45. The Labute approximate surface area is 259 Å². The summed E-state index contributed by atoms with van der Waals surface area (Å²) in [6, 6.07) is 10.4. The van der Waals surface area contributed by atoms with Gasteiger partial charge in [-0.2, -0.15) is 5.26 Å². The van der Waals surface area contributed by atoms with E-state index in [4.69, 9.17) is 4.98 Å². The van der Waals surface area contributed by atoms with E-state index in [2.05, 4.69) is 16.3 Å². The first-order chi connectivity index (χ1) is 20.8. The van der Waals surface area contributed by atoms with Crippen molar-refractivity contribution in [3.63, 3.8) is 0 Å². The summed E-state index contributed by atoms with van der Waals surface area (Å²) in [4.78, 5) is 35.2. The third kappa shape index (κ3) is 6.85. The van der Waals surface area contributed by atoms with Crippen LogP contribution in [0.25, 0.3) is 11.0 Å². The van der Waals surface area contributed by atoms with Crippen LogP contribution in [-0.2, 0) is 17.9 Å². The molecule has 5 rings (SSSR count). The van der Waals surface area contributed by atoms with Crippen molar-refractivity contribution in [2.45, 2.75) is 71.7 Å². The Balaban J connectivity index is 1.43. The van der Waals surface area contributed by atoms with E-state index in [1.54, 1.807) is 11.0 Å². The number of nitrogens with zero attached hydrogens (tertiary/aromatic N) is 5. The molecule has 0 unspecified atom stereocenters. The van der Waals surface area contributed by atoms with Gasteiger partial charge in [-0.25, -0.2) is 13.8 Å². The molecule has 2 saturated heterocycles. The van der Waals surface area contributed by atoms with Crippen LogP contribution in [0.15, 0.2) is 42.0 Å². The van der Waals surface area contributed by atoms with Gasteiger partial charge in [0, 0.05) is 38.6 Å². The van der Waals surface area contributed by atoms with Gasteiger partial charge in [0.15, 0.2) is 0 Å². The lowest BCUT2D eigenvalue weighted by atomic mass is 9.84. The minimum absolute atomic E-state index is 0.0448. The van der Waals surface area contributed by atoms with Gasteiger partial charge in [0.1, 0.15) is 11.6 Å². The molecule has 2 aliphatic heterocycles. The number of allylic oxidation sites excluding steroid dienone is 1. The number of nitrogens with one attached hydrogen (secondary N) is 1. The summed E-state index contributed by atoms with van der Waals surface area (Å²) >= 11 is 0.737. The number of rotatable bonds is 10. The molecule has 0 bridgehead atoms. The first-order valence-electron chi connectivity index (χ1n) is 14.9. The number of fused-ring (bicyclic) bond motifs is 1. The van der Waals surface area contributed by atoms with Crippen molar-refractivity contribution in [2.75, 3.05) is 25.0 Å². The quantitative estimate of drug-likeness (QED) is 0.225. The summed E-state index contributed by atoms with van der Waals surface area (Å²) in [5, 5.41) is 22.8. The summed E-state index contributed by atoms with van der Waals surface area (Å²) in [6.45, 7) is 10.6. The number of thiophene rings is 1. The lowest BCUT2D eigenvalue weighted by molar-refractivity contribution is -0.127. The van der Waals surface area contributed by atoms with Crippen molar-refractivity contribution in [3.8, 4) is 6.07 Å². The highest BCUT2D eigenvalue weighted by atomic mass is 32.1. The number of alkyl halides is 2. The standard InChI is InChI=1S/C32H38F2N6O3S/c1-19(2)12-21(14-35)30(42)39-11-5-6-23(39)18-40-25-8-7-20(15-38-16-22(17-38)32(3,4)43)13-24(25)36-31(40)37-29(41)27-10-9-26(44-27)28(33)34/h7-10,12-13,19,22-23,28,43H,5-6,11,15-18H2,1-4H3,(H,36,37,41)/t23-/m1/s1. The lowest BCUT2D eigenvalue weighted by Crippen LogP contribution is -2.55. The third-order valence-corrected chi connectivity index (χ3v) is 9.44.